The molecule has 6 nitrogen and oxygen atoms in total. The SMILES string of the molecule is CCNC(=NCCN1CCN(Cc2ccccc2)CC1)N1CCC(COC)C1. The normalized spacial score (nSPS) is 22.0. The van der Waals surface area contributed by atoms with Gasteiger partial charge in [-0.1, -0.05) is 30.3 Å². The zero-order chi connectivity index (χ0) is 19.6. The Hall–Kier alpha value is -1.63. The van der Waals surface area contributed by atoms with E-state index in [1.165, 1.54) is 12.0 Å². The van der Waals surface area contributed by atoms with E-state index in [4.69, 9.17) is 9.73 Å². The lowest BCUT2D eigenvalue weighted by Crippen LogP contribution is -2.47. The highest BCUT2D eigenvalue weighted by Crippen LogP contribution is 2.16. The Balaban J connectivity index is 1.39. The van der Waals surface area contributed by atoms with Gasteiger partial charge >= 0.3 is 0 Å². The number of nitrogens with zero attached hydrogens (tertiary/aromatic N) is 4. The van der Waals surface area contributed by atoms with Crippen molar-refractivity contribution in [2.45, 2.75) is 19.9 Å². The van der Waals surface area contributed by atoms with Gasteiger partial charge in [0.05, 0.1) is 13.2 Å². The first-order valence-corrected chi connectivity index (χ1v) is 10.8. The molecule has 2 heterocycles. The largest absolute Gasteiger partial charge is 0.384 e. The van der Waals surface area contributed by atoms with Crippen molar-refractivity contribution in [2.24, 2.45) is 10.9 Å². The Labute approximate surface area is 170 Å². The van der Waals surface area contributed by atoms with Crippen molar-refractivity contribution in [1.82, 2.24) is 20.0 Å². The summed E-state index contributed by atoms with van der Waals surface area (Å²) in [5, 5.41) is 3.47. The van der Waals surface area contributed by atoms with Gasteiger partial charge in [0.1, 0.15) is 0 Å². The van der Waals surface area contributed by atoms with E-state index in [-0.39, 0.29) is 0 Å². The molecule has 0 radical (unpaired) electrons. The molecule has 6 heteroatoms. The molecule has 2 fully saturated rings. The minimum absolute atomic E-state index is 0.631. The molecular weight excluding hydrogens is 350 g/mol. The Morgan fingerprint density at radius 1 is 1.11 bits per heavy atom. The van der Waals surface area contributed by atoms with Gasteiger partial charge in [-0.25, -0.2) is 0 Å². The van der Waals surface area contributed by atoms with E-state index in [1.54, 1.807) is 7.11 Å². The van der Waals surface area contributed by atoms with Crippen molar-refractivity contribution in [3.05, 3.63) is 35.9 Å². The molecule has 0 amide bonds. The van der Waals surface area contributed by atoms with Gasteiger partial charge in [0.25, 0.3) is 0 Å². The molecular formula is C22H37N5O. The maximum absolute atomic E-state index is 5.32. The van der Waals surface area contributed by atoms with Gasteiger partial charge in [0.15, 0.2) is 5.96 Å². The van der Waals surface area contributed by atoms with E-state index >= 15 is 0 Å². The predicted octanol–water partition coefficient (Wildman–Crippen LogP) is 1.74. The first-order valence-electron chi connectivity index (χ1n) is 10.8. The van der Waals surface area contributed by atoms with E-state index in [0.717, 1.165) is 78.0 Å². The Morgan fingerprint density at radius 3 is 2.57 bits per heavy atom. The van der Waals surface area contributed by atoms with Gasteiger partial charge < -0.3 is 15.0 Å². The molecule has 2 aliphatic rings. The highest BCUT2D eigenvalue weighted by atomic mass is 16.5. The minimum atomic E-state index is 0.631. The Morgan fingerprint density at radius 2 is 1.86 bits per heavy atom. The van der Waals surface area contributed by atoms with Crippen LogP contribution in [0.5, 0.6) is 0 Å². The summed E-state index contributed by atoms with van der Waals surface area (Å²) in [6, 6.07) is 10.8. The number of benzene rings is 1. The molecule has 0 aliphatic carbocycles. The number of ether oxygens (including phenoxy) is 1. The van der Waals surface area contributed by atoms with Crippen LogP contribution in [0.2, 0.25) is 0 Å². The molecule has 1 atom stereocenters. The average Bonchev–Trinajstić information content (AvgIpc) is 3.18. The molecule has 1 unspecified atom stereocenters. The average molecular weight is 388 g/mol. The van der Waals surface area contributed by atoms with Crippen molar-refractivity contribution in [2.75, 3.05) is 72.6 Å². The third kappa shape index (κ3) is 6.47. The third-order valence-corrected chi connectivity index (χ3v) is 5.71. The van der Waals surface area contributed by atoms with Gasteiger partial charge in [-0.3, -0.25) is 14.8 Å². The van der Waals surface area contributed by atoms with E-state index in [2.05, 4.69) is 57.3 Å². The monoisotopic (exact) mass is 387 g/mol. The molecule has 0 saturated carbocycles. The second-order valence-corrected chi connectivity index (χ2v) is 7.90. The van der Waals surface area contributed by atoms with Crippen LogP contribution in [0.15, 0.2) is 35.3 Å². The Kier molecular flexibility index (Phi) is 8.58. The summed E-state index contributed by atoms with van der Waals surface area (Å²) in [7, 11) is 1.79. The lowest BCUT2D eigenvalue weighted by atomic mass is 10.1. The lowest BCUT2D eigenvalue weighted by molar-refractivity contribution is 0.130. The highest BCUT2D eigenvalue weighted by molar-refractivity contribution is 5.80. The summed E-state index contributed by atoms with van der Waals surface area (Å²) in [6.45, 7) is 13.6. The molecule has 2 aliphatic heterocycles. The fraction of sp³-hybridized carbons (Fsp3) is 0.682. The van der Waals surface area contributed by atoms with E-state index in [9.17, 15) is 0 Å². The second-order valence-electron chi connectivity index (χ2n) is 7.90. The summed E-state index contributed by atoms with van der Waals surface area (Å²) >= 11 is 0. The van der Waals surface area contributed by atoms with Crippen LogP contribution in [0.4, 0.5) is 0 Å². The molecule has 3 rings (SSSR count). The number of likely N-dealkylation sites (tertiary alicyclic amines) is 1. The van der Waals surface area contributed by atoms with Crippen LogP contribution in [0.25, 0.3) is 0 Å². The number of methoxy groups -OCH3 is 1. The van der Waals surface area contributed by atoms with Crippen LogP contribution in [-0.4, -0.2) is 93.3 Å². The third-order valence-electron chi connectivity index (χ3n) is 5.71. The summed E-state index contributed by atoms with van der Waals surface area (Å²) in [6.07, 6.45) is 1.20. The van der Waals surface area contributed by atoms with Crippen molar-refractivity contribution >= 4 is 5.96 Å². The number of piperazine rings is 1. The van der Waals surface area contributed by atoms with Crippen molar-refractivity contribution in [1.29, 1.82) is 0 Å². The zero-order valence-corrected chi connectivity index (χ0v) is 17.6. The zero-order valence-electron chi connectivity index (χ0n) is 17.6. The predicted molar refractivity (Wildman–Crippen MR) is 116 cm³/mol. The van der Waals surface area contributed by atoms with Crippen LogP contribution >= 0.6 is 0 Å². The van der Waals surface area contributed by atoms with Crippen LogP contribution in [-0.2, 0) is 11.3 Å². The summed E-state index contributed by atoms with van der Waals surface area (Å²) in [5.74, 6) is 1.70. The van der Waals surface area contributed by atoms with E-state index < -0.39 is 0 Å². The van der Waals surface area contributed by atoms with Crippen molar-refractivity contribution in [3.63, 3.8) is 0 Å². The van der Waals surface area contributed by atoms with Crippen molar-refractivity contribution < 1.29 is 4.74 Å². The number of guanidine groups is 1. The molecule has 28 heavy (non-hydrogen) atoms. The molecule has 1 aromatic rings. The topological polar surface area (TPSA) is 43.3 Å². The number of aliphatic imine (C=N–C) groups is 1. The number of rotatable bonds is 8. The standard InChI is InChI=1S/C22H37N5O/c1-3-23-22(27-11-9-21(18-27)19-28-2)24-10-12-25-13-15-26(16-14-25)17-20-7-5-4-6-8-20/h4-8,21H,3,9-19H2,1-2H3,(H,23,24). The lowest BCUT2D eigenvalue weighted by Gasteiger charge is -2.34. The Bertz CT molecular complexity index is 586. The fourth-order valence-electron chi connectivity index (χ4n) is 4.13. The maximum atomic E-state index is 5.32. The molecule has 1 aromatic carbocycles. The second kappa shape index (κ2) is 11.4. The van der Waals surface area contributed by atoms with Gasteiger partial charge in [-0.15, -0.1) is 0 Å². The van der Waals surface area contributed by atoms with Gasteiger partial charge in [0, 0.05) is 71.9 Å². The number of hydrogen-bond acceptors (Lipinski definition) is 4. The highest BCUT2D eigenvalue weighted by Gasteiger charge is 2.24. The smallest absolute Gasteiger partial charge is 0.193 e. The molecule has 0 bridgehead atoms. The molecule has 0 spiro atoms. The summed E-state index contributed by atoms with van der Waals surface area (Å²) in [4.78, 5) is 12.4. The molecule has 2 saturated heterocycles. The van der Waals surface area contributed by atoms with Crippen LogP contribution in [0.1, 0.15) is 18.9 Å². The van der Waals surface area contributed by atoms with E-state index in [0.29, 0.717) is 5.92 Å². The fourth-order valence-corrected chi connectivity index (χ4v) is 4.13. The minimum Gasteiger partial charge on any atom is -0.384 e. The van der Waals surface area contributed by atoms with Crippen LogP contribution in [0, 0.1) is 5.92 Å². The van der Waals surface area contributed by atoms with Crippen LogP contribution < -0.4 is 5.32 Å². The molecule has 1 N–H and O–H groups in total. The van der Waals surface area contributed by atoms with Crippen molar-refractivity contribution in [3.8, 4) is 0 Å². The van der Waals surface area contributed by atoms with Gasteiger partial charge in [0.2, 0.25) is 0 Å². The summed E-state index contributed by atoms with van der Waals surface area (Å²) < 4.78 is 5.32. The van der Waals surface area contributed by atoms with Crippen LogP contribution in [0.3, 0.4) is 0 Å². The maximum Gasteiger partial charge on any atom is 0.193 e. The summed E-state index contributed by atoms with van der Waals surface area (Å²) in [5.41, 5.74) is 1.41. The first-order chi connectivity index (χ1) is 13.8. The van der Waals surface area contributed by atoms with Gasteiger partial charge in [-0.05, 0) is 18.9 Å². The van der Waals surface area contributed by atoms with E-state index in [1.807, 2.05) is 0 Å². The molecule has 0 aromatic heterocycles. The number of hydrogen-bond donors (Lipinski definition) is 1. The number of nitrogens with one attached hydrogen (secondary N) is 1. The van der Waals surface area contributed by atoms with Gasteiger partial charge in [-0.2, -0.15) is 0 Å². The molecule has 156 valence electrons. The first kappa shape index (κ1) is 21.1. The quantitative estimate of drug-likeness (QED) is 0.544.